The van der Waals surface area contributed by atoms with Gasteiger partial charge in [-0.15, -0.1) is 12.4 Å². The number of hydrogen-bond acceptors (Lipinski definition) is 3. The Balaban J connectivity index is 0.000000371. The first kappa shape index (κ1) is 9.98. The van der Waals surface area contributed by atoms with Crippen LogP contribution in [0.15, 0.2) is 12.4 Å². The van der Waals surface area contributed by atoms with Crippen LogP contribution in [0.4, 0.5) is 0 Å². The van der Waals surface area contributed by atoms with Gasteiger partial charge in [0.2, 0.25) is 0 Å². The molecule has 0 aliphatic carbocycles. The molecule has 0 aliphatic rings. The van der Waals surface area contributed by atoms with Crippen molar-refractivity contribution in [2.24, 2.45) is 0 Å². The van der Waals surface area contributed by atoms with Gasteiger partial charge in [-0.2, -0.15) is 0 Å². The van der Waals surface area contributed by atoms with E-state index in [0.717, 1.165) is 0 Å². The van der Waals surface area contributed by atoms with Crippen LogP contribution >= 0.6 is 13.6 Å². The molecule has 0 fully saturated rings. The minimum absolute atomic E-state index is 0.378. The van der Waals surface area contributed by atoms with Gasteiger partial charge in [-0.05, 0) is 0 Å². The molecule has 0 aromatic carbocycles. The summed E-state index contributed by atoms with van der Waals surface area (Å²) in [5.74, 6) is 0. The van der Waals surface area contributed by atoms with Crippen molar-refractivity contribution in [3.63, 3.8) is 0 Å². The Bertz CT molecular complexity index is 161. The third-order valence-electron chi connectivity index (χ3n) is 0.682. The molecule has 5 heteroatoms. The number of rotatable bonds is 1. The number of ether oxygens (including phenoxy) is 1. The molecule has 3 nitrogen and oxygen atoms in total. The Morgan fingerprint density at radius 3 is 2.30 bits per heavy atom. The number of methoxy groups -OCH3 is 1. The van der Waals surface area contributed by atoms with E-state index < -0.39 is 0 Å². The first-order chi connectivity index (χ1) is 4.93. The Kier molecular flexibility index (Phi) is 7.08. The molecule has 1 heterocycles. The van der Waals surface area contributed by atoms with Gasteiger partial charge in [0, 0.05) is 0 Å². The van der Waals surface area contributed by atoms with E-state index in [2.05, 4.69) is 34.4 Å². The molecule has 0 bridgehead atoms. The van der Waals surface area contributed by atoms with Crippen LogP contribution in [0, 0.1) is 6.07 Å². The van der Waals surface area contributed by atoms with Crippen molar-refractivity contribution in [1.29, 1.82) is 0 Å². The summed E-state index contributed by atoms with van der Waals surface area (Å²) in [6.07, 6.45) is 3.01. The van der Waals surface area contributed by atoms with Crippen molar-refractivity contribution >= 4 is 13.6 Å². The van der Waals surface area contributed by atoms with Gasteiger partial charge in [-0.3, -0.25) is 0 Å². The molecule has 1 aromatic heterocycles. The molecule has 1 rings (SSSR count). The maximum absolute atomic E-state index is 4.67. The molecule has 0 amide bonds. The zero-order chi connectivity index (χ0) is 7.82. The molecule has 0 N–H and O–H groups in total. The monoisotopic (exact) mass is 252 g/mol. The average Bonchev–Trinajstić information content (AvgIpc) is 2.10. The first-order valence-corrected chi connectivity index (χ1v) is 9.37. The van der Waals surface area contributed by atoms with E-state index in [0.29, 0.717) is 6.01 Å². The van der Waals surface area contributed by atoms with E-state index in [1.54, 1.807) is 0 Å². The van der Waals surface area contributed by atoms with E-state index in [4.69, 9.17) is 0 Å². The van der Waals surface area contributed by atoms with Crippen LogP contribution in [0.5, 0.6) is 6.01 Å². The summed E-state index contributed by atoms with van der Waals surface area (Å²) in [5, 5.41) is 0. The summed E-state index contributed by atoms with van der Waals surface area (Å²) < 4.78 is 4.67. The van der Waals surface area contributed by atoms with Gasteiger partial charge in [0.15, 0.2) is 0 Å². The van der Waals surface area contributed by atoms with Gasteiger partial charge in [0.25, 0.3) is 0 Å². The second kappa shape index (κ2) is 7.09. The zero-order valence-electron chi connectivity index (χ0n) is 5.54. The van der Waals surface area contributed by atoms with E-state index in [-0.39, 0.29) is 0 Å². The first-order valence-electron chi connectivity index (χ1n) is 2.42. The molecule has 50 valence electrons. The quantitative estimate of drug-likeness (QED) is 0.556. The second-order valence-corrected chi connectivity index (χ2v) is 1.17. The average molecular weight is 254 g/mol. The van der Waals surface area contributed by atoms with Crippen LogP contribution < -0.4 is 4.74 Å². The third-order valence-corrected chi connectivity index (χ3v) is 0.682. The van der Waals surface area contributed by atoms with E-state index in [9.17, 15) is 0 Å². The Morgan fingerprint density at radius 1 is 1.50 bits per heavy atom. The van der Waals surface area contributed by atoms with Crippen molar-refractivity contribution in [3.8, 4) is 6.01 Å². The topological polar surface area (TPSA) is 35.0 Å². The molecule has 0 atom stereocenters. The normalized spacial score (nSPS) is 7.60. The minimum atomic E-state index is 0.378. The van der Waals surface area contributed by atoms with Crippen LogP contribution in [-0.4, -0.2) is 17.1 Å². The van der Waals surface area contributed by atoms with E-state index in [1.807, 2.05) is 0 Å². The van der Waals surface area contributed by atoms with Gasteiger partial charge < -0.3 is 10.8 Å². The molecule has 0 radical (unpaired) electrons. The molecule has 0 saturated heterocycles. The maximum atomic E-state index is 4.67. The number of nitrogens with zero attached hydrogens (tertiary/aromatic N) is 2. The van der Waals surface area contributed by atoms with Gasteiger partial charge in [-0.1, -0.05) is 0 Å². The van der Waals surface area contributed by atoms with Crippen molar-refractivity contribution in [3.05, 3.63) is 18.5 Å². The van der Waals surface area contributed by atoms with Crippen molar-refractivity contribution in [2.45, 2.75) is 0 Å². The predicted molar refractivity (Wildman–Crippen MR) is 36.3 cm³/mol. The summed E-state index contributed by atoms with van der Waals surface area (Å²) >= 11 is 4.25. The van der Waals surface area contributed by atoms with E-state index in [1.165, 1.54) is 35.8 Å². The molecule has 0 aliphatic heterocycles. The van der Waals surface area contributed by atoms with Crippen molar-refractivity contribution < 1.29 is 21.1 Å². The van der Waals surface area contributed by atoms with Crippen LogP contribution in [-0.2, 0) is 16.3 Å². The van der Waals surface area contributed by atoms with Crippen LogP contribution in [0.3, 0.4) is 0 Å². The fourth-order valence-electron chi connectivity index (χ4n) is 0.357. The Labute approximate surface area is 76.3 Å². The third kappa shape index (κ3) is 3.91. The van der Waals surface area contributed by atoms with Crippen LogP contribution in [0.1, 0.15) is 0 Å². The zero-order valence-corrected chi connectivity index (χ0v) is 10.1. The molecule has 0 saturated carbocycles. The number of aromatic nitrogens is 2. The number of halogens is 1. The molecular formula is C5H5BrN2OZn. The summed E-state index contributed by atoms with van der Waals surface area (Å²) in [5.41, 5.74) is 0. The molecular weight excluding hydrogens is 249 g/mol. The van der Waals surface area contributed by atoms with E-state index >= 15 is 0 Å². The standard InChI is InChI=1S/C5H5N2O.BrH.Zn/c1-8-5-6-3-2-4-7-5;;/h3-4H,1H3;1H;/q-1;;+2/p-1. The molecule has 0 unspecified atom stereocenters. The summed E-state index contributed by atoms with van der Waals surface area (Å²) in [7, 11) is 1.52. The molecule has 1 aromatic rings. The predicted octanol–water partition coefficient (Wildman–Crippen LogP) is 1.13. The summed E-state index contributed by atoms with van der Waals surface area (Å²) in [4.78, 5) is 7.42. The SMILES string of the molecule is COc1nc[c-]cn1.[Zn+][Br]. The molecule has 0 spiro atoms. The van der Waals surface area contributed by atoms with Gasteiger partial charge in [-0.25, -0.2) is 9.97 Å². The van der Waals surface area contributed by atoms with Gasteiger partial charge in [0.1, 0.15) is 0 Å². The van der Waals surface area contributed by atoms with Gasteiger partial charge >= 0.3 is 36.0 Å². The van der Waals surface area contributed by atoms with Crippen LogP contribution in [0.2, 0.25) is 0 Å². The van der Waals surface area contributed by atoms with Crippen molar-refractivity contribution in [1.82, 2.24) is 9.97 Å². The fourth-order valence-corrected chi connectivity index (χ4v) is 0.357. The number of hydrogen-bond donors (Lipinski definition) is 0. The molecule has 10 heavy (non-hydrogen) atoms. The fraction of sp³-hybridized carbons (Fsp3) is 0.200. The van der Waals surface area contributed by atoms with Crippen molar-refractivity contribution in [2.75, 3.05) is 7.11 Å². The van der Waals surface area contributed by atoms with Crippen LogP contribution in [0.25, 0.3) is 0 Å². The Hall–Kier alpha value is -0.0166. The second-order valence-electron chi connectivity index (χ2n) is 1.17. The Morgan fingerprint density at radius 2 is 2.00 bits per heavy atom. The van der Waals surface area contributed by atoms with Gasteiger partial charge in [0.05, 0.1) is 7.11 Å². The summed E-state index contributed by atoms with van der Waals surface area (Å²) in [6, 6.07) is 3.04. The summed E-state index contributed by atoms with van der Waals surface area (Å²) in [6.45, 7) is 0.